The minimum absolute atomic E-state index is 0.0438. The van der Waals surface area contributed by atoms with Crippen LogP contribution in [0.3, 0.4) is 0 Å². The molecule has 0 atom stereocenters. The van der Waals surface area contributed by atoms with Crippen LogP contribution in [0, 0.1) is 0 Å². The lowest BCUT2D eigenvalue weighted by atomic mass is 10.0. The zero-order chi connectivity index (χ0) is 16.5. The first-order valence-corrected chi connectivity index (χ1v) is 5.94. The molecular formula is C13H9F6N3. The second kappa shape index (κ2) is 5.47. The first-order chi connectivity index (χ1) is 10.1. The van der Waals surface area contributed by atoms with Gasteiger partial charge in [-0.2, -0.15) is 26.3 Å². The first kappa shape index (κ1) is 16.1. The highest BCUT2D eigenvalue weighted by atomic mass is 19.4. The number of benzene rings is 1. The predicted molar refractivity (Wildman–Crippen MR) is 67.0 cm³/mol. The van der Waals surface area contributed by atoms with Gasteiger partial charge in [0, 0.05) is 23.9 Å². The third-order valence-corrected chi connectivity index (χ3v) is 2.84. The summed E-state index contributed by atoms with van der Waals surface area (Å²) in [6, 6.07) is 6.04. The number of nitrogens with zero attached hydrogens (tertiary/aromatic N) is 2. The van der Waals surface area contributed by atoms with E-state index in [1.807, 2.05) is 0 Å². The van der Waals surface area contributed by atoms with Crippen molar-refractivity contribution in [2.75, 3.05) is 12.4 Å². The molecule has 2 aromatic rings. The molecule has 0 spiro atoms. The van der Waals surface area contributed by atoms with E-state index in [4.69, 9.17) is 0 Å². The summed E-state index contributed by atoms with van der Waals surface area (Å²) in [6.45, 7) is 0. The van der Waals surface area contributed by atoms with Crippen LogP contribution < -0.4 is 5.32 Å². The average Bonchev–Trinajstić information content (AvgIpc) is 2.44. The molecule has 118 valence electrons. The Hall–Kier alpha value is -2.32. The van der Waals surface area contributed by atoms with Crippen LogP contribution in [0.15, 0.2) is 30.3 Å². The van der Waals surface area contributed by atoms with Gasteiger partial charge in [0.2, 0.25) is 0 Å². The number of hydrogen-bond donors (Lipinski definition) is 1. The van der Waals surface area contributed by atoms with Crippen molar-refractivity contribution in [2.24, 2.45) is 0 Å². The standard InChI is InChI=1S/C13H9F6N3/c1-20-9-5-3-2-4-7(9)8-6-10(12(14,15)16)21-22-11(8)13(17,18)19/h2-6,20H,1H3. The number of rotatable bonds is 2. The van der Waals surface area contributed by atoms with E-state index >= 15 is 0 Å². The molecular weight excluding hydrogens is 312 g/mol. The zero-order valence-corrected chi connectivity index (χ0v) is 11.0. The first-order valence-electron chi connectivity index (χ1n) is 5.94. The third kappa shape index (κ3) is 3.12. The lowest BCUT2D eigenvalue weighted by Crippen LogP contribution is -2.16. The van der Waals surface area contributed by atoms with Crippen LogP contribution in [0.5, 0.6) is 0 Å². The van der Waals surface area contributed by atoms with Crippen molar-refractivity contribution in [3.8, 4) is 11.1 Å². The normalized spacial score (nSPS) is 12.3. The molecule has 0 aliphatic carbocycles. The van der Waals surface area contributed by atoms with Crippen LogP contribution in [-0.4, -0.2) is 17.2 Å². The highest BCUT2D eigenvalue weighted by molar-refractivity contribution is 5.79. The van der Waals surface area contributed by atoms with Gasteiger partial charge in [0.05, 0.1) is 0 Å². The van der Waals surface area contributed by atoms with Crippen LogP contribution in [-0.2, 0) is 12.4 Å². The Labute approximate surface area is 121 Å². The van der Waals surface area contributed by atoms with Gasteiger partial charge < -0.3 is 5.32 Å². The third-order valence-electron chi connectivity index (χ3n) is 2.84. The molecule has 0 aliphatic rings. The zero-order valence-electron chi connectivity index (χ0n) is 11.0. The summed E-state index contributed by atoms with van der Waals surface area (Å²) in [4.78, 5) is 0. The predicted octanol–water partition coefficient (Wildman–Crippen LogP) is 4.22. The van der Waals surface area contributed by atoms with Gasteiger partial charge in [-0.05, 0) is 12.1 Å². The number of hydrogen-bond acceptors (Lipinski definition) is 3. The molecule has 0 saturated carbocycles. The van der Waals surface area contributed by atoms with E-state index in [0.717, 1.165) is 0 Å². The van der Waals surface area contributed by atoms with Gasteiger partial charge in [-0.25, -0.2) is 0 Å². The number of aromatic nitrogens is 2. The maximum atomic E-state index is 13.0. The fourth-order valence-corrected chi connectivity index (χ4v) is 1.88. The van der Waals surface area contributed by atoms with Crippen molar-refractivity contribution in [1.29, 1.82) is 0 Å². The van der Waals surface area contributed by atoms with Crippen LogP contribution in [0.2, 0.25) is 0 Å². The monoisotopic (exact) mass is 321 g/mol. The Morgan fingerprint density at radius 1 is 0.864 bits per heavy atom. The highest BCUT2D eigenvalue weighted by Crippen LogP contribution is 2.40. The highest BCUT2D eigenvalue weighted by Gasteiger charge is 2.40. The quantitative estimate of drug-likeness (QED) is 0.842. The lowest BCUT2D eigenvalue weighted by Gasteiger charge is -2.16. The molecule has 1 N–H and O–H groups in total. The summed E-state index contributed by atoms with van der Waals surface area (Å²) in [5.41, 5.74) is -3.43. The van der Waals surface area contributed by atoms with Crippen molar-refractivity contribution in [2.45, 2.75) is 12.4 Å². The van der Waals surface area contributed by atoms with Gasteiger partial charge in [0.25, 0.3) is 0 Å². The molecule has 1 aromatic carbocycles. The second-order valence-electron chi connectivity index (χ2n) is 4.28. The SMILES string of the molecule is CNc1ccccc1-c1cc(C(F)(F)F)nnc1C(F)(F)F. The molecule has 0 saturated heterocycles. The Bertz CT molecular complexity index is 678. The molecule has 1 heterocycles. The molecule has 2 rings (SSSR count). The molecule has 9 heteroatoms. The molecule has 22 heavy (non-hydrogen) atoms. The van der Waals surface area contributed by atoms with Crippen molar-refractivity contribution in [3.63, 3.8) is 0 Å². The molecule has 0 amide bonds. The van der Waals surface area contributed by atoms with Gasteiger partial charge in [-0.1, -0.05) is 18.2 Å². The maximum absolute atomic E-state index is 13.0. The smallest absolute Gasteiger partial charge is 0.388 e. The van der Waals surface area contributed by atoms with Gasteiger partial charge in [0.15, 0.2) is 11.4 Å². The summed E-state index contributed by atoms with van der Waals surface area (Å²) in [5.74, 6) is 0. The Morgan fingerprint density at radius 2 is 1.50 bits per heavy atom. The second-order valence-corrected chi connectivity index (χ2v) is 4.28. The van der Waals surface area contributed by atoms with E-state index in [1.54, 1.807) is 6.07 Å². The van der Waals surface area contributed by atoms with Crippen LogP contribution in [0.25, 0.3) is 11.1 Å². The van der Waals surface area contributed by atoms with E-state index in [9.17, 15) is 26.3 Å². The lowest BCUT2D eigenvalue weighted by molar-refractivity contribution is -0.147. The Balaban J connectivity index is 2.75. The van der Waals surface area contributed by atoms with Crippen molar-refractivity contribution in [1.82, 2.24) is 10.2 Å². The number of anilines is 1. The van der Waals surface area contributed by atoms with E-state index < -0.39 is 29.3 Å². The molecule has 0 unspecified atom stereocenters. The molecule has 0 aliphatic heterocycles. The Morgan fingerprint density at radius 3 is 2.05 bits per heavy atom. The molecule has 3 nitrogen and oxygen atoms in total. The number of alkyl halides is 6. The van der Waals surface area contributed by atoms with Gasteiger partial charge >= 0.3 is 12.4 Å². The van der Waals surface area contributed by atoms with Crippen LogP contribution >= 0.6 is 0 Å². The fraction of sp³-hybridized carbons (Fsp3) is 0.231. The molecule has 1 aromatic heterocycles. The van der Waals surface area contributed by atoms with Gasteiger partial charge in [-0.3, -0.25) is 0 Å². The molecule has 0 bridgehead atoms. The van der Waals surface area contributed by atoms with Gasteiger partial charge in [-0.15, -0.1) is 10.2 Å². The van der Waals surface area contributed by atoms with E-state index in [0.29, 0.717) is 6.07 Å². The van der Waals surface area contributed by atoms with Crippen LogP contribution in [0.1, 0.15) is 11.4 Å². The summed E-state index contributed by atoms with van der Waals surface area (Å²) in [6.07, 6.45) is -9.81. The molecule has 0 radical (unpaired) electrons. The summed E-state index contributed by atoms with van der Waals surface area (Å²) >= 11 is 0. The van der Waals surface area contributed by atoms with Crippen LogP contribution in [0.4, 0.5) is 32.0 Å². The Kier molecular flexibility index (Phi) is 3.99. The van der Waals surface area contributed by atoms with Crippen molar-refractivity contribution >= 4 is 5.69 Å². The number of nitrogens with one attached hydrogen (secondary N) is 1. The summed E-state index contributed by atoms with van der Waals surface area (Å²) < 4.78 is 77.1. The minimum Gasteiger partial charge on any atom is -0.388 e. The van der Waals surface area contributed by atoms with Crippen molar-refractivity contribution < 1.29 is 26.3 Å². The minimum atomic E-state index is -4.92. The largest absolute Gasteiger partial charge is 0.435 e. The fourth-order valence-electron chi connectivity index (χ4n) is 1.88. The average molecular weight is 321 g/mol. The summed E-state index contributed by atoms with van der Waals surface area (Å²) in [5, 5.41) is 8.02. The number of halogens is 6. The van der Waals surface area contributed by atoms with E-state index in [1.165, 1.54) is 25.2 Å². The topological polar surface area (TPSA) is 37.8 Å². The van der Waals surface area contributed by atoms with E-state index in [-0.39, 0.29) is 11.3 Å². The number of para-hydroxylation sites is 1. The van der Waals surface area contributed by atoms with E-state index in [2.05, 4.69) is 15.5 Å². The van der Waals surface area contributed by atoms with Crippen molar-refractivity contribution in [3.05, 3.63) is 41.7 Å². The maximum Gasteiger partial charge on any atom is 0.435 e. The van der Waals surface area contributed by atoms with Gasteiger partial charge in [0.1, 0.15) is 0 Å². The molecule has 0 fully saturated rings. The summed E-state index contributed by atoms with van der Waals surface area (Å²) in [7, 11) is 1.45.